The number of carbonyl (C=O) groups excluding carboxylic acids is 1. The normalized spacial score (nSPS) is 23.2. The number of nitrogens with two attached hydrogens (primary N) is 2. The SMILES string of the molecule is C1CCC(C2CCCCC2)CC1.NC(N)=O. The molecular formula is C13H26N2O. The molecule has 2 fully saturated rings. The third kappa shape index (κ3) is 5.38. The van der Waals surface area contributed by atoms with Gasteiger partial charge in [-0.2, -0.15) is 0 Å². The summed E-state index contributed by atoms with van der Waals surface area (Å²) in [6.45, 7) is 0. The maximum absolute atomic E-state index is 9.00. The van der Waals surface area contributed by atoms with E-state index in [4.69, 9.17) is 4.79 Å². The molecule has 4 N–H and O–H groups in total. The first-order valence-electron chi connectivity index (χ1n) is 6.75. The predicted octanol–water partition coefficient (Wildman–Crippen LogP) is 3.17. The Balaban J connectivity index is 0.000000280. The van der Waals surface area contributed by atoms with Crippen molar-refractivity contribution in [1.82, 2.24) is 0 Å². The van der Waals surface area contributed by atoms with Crippen molar-refractivity contribution in [3.63, 3.8) is 0 Å². The number of carbonyl (C=O) groups is 1. The first-order chi connectivity index (χ1) is 7.70. The fourth-order valence-corrected chi connectivity index (χ4v) is 3.21. The van der Waals surface area contributed by atoms with Gasteiger partial charge in [0, 0.05) is 0 Å². The van der Waals surface area contributed by atoms with Crippen LogP contribution in [0.4, 0.5) is 4.79 Å². The minimum atomic E-state index is -0.833. The summed E-state index contributed by atoms with van der Waals surface area (Å²) < 4.78 is 0. The largest absolute Gasteiger partial charge is 0.352 e. The first kappa shape index (κ1) is 13.3. The van der Waals surface area contributed by atoms with E-state index in [0.29, 0.717) is 0 Å². The maximum atomic E-state index is 9.00. The Morgan fingerprint density at radius 2 is 0.938 bits per heavy atom. The van der Waals surface area contributed by atoms with Gasteiger partial charge in [0.15, 0.2) is 0 Å². The summed E-state index contributed by atoms with van der Waals surface area (Å²) in [5.74, 6) is 2.28. The molecule has 0 unspecified atom stereocenters. The minimum absolute atomic E-state index is 0.833. The minimum Gasteiger partial charge on any atom is -0.352 e. The predicted molar refractivity (Wildman–Crippen MR) is 66.9 cm³/mol. The lowest BCUT2D eigenvalue weighted by Crippen LogP contribution is -2.20. The van der Waals surface area contributed by atoms with Crippen LogP contribution in [0.2, 0.25) is 0 Å². The first-order valence-corrected chi connectivity index (χ1v) is 6.75. The zero-order valence-corrected chi connectivity index (χ0v) is 10.3. The molecule has 0 aromatic heterocycles. The zero-order chi connectivity index (χ0) is 11.8. The molecular weight excluding hydrogens is 200 g/mol. The van der Waals surface area contributed by atoms with Gasteiger partial charge in [0.2, 0.25) is 0 Å². The number of hydrogen-bond donors (Lipinski definition) is 2. The van der Waals surface area contributed by atoms with E-state index in [0.717, 1.165) is 11.8 Å². The molecule has 3 nitrogen and oxygen atoms in total. The molecule has 0 aromatic carbocycles. The molecule has 0 aliphatic heterocycles. The van der Waals surface area contributed by atoms with Crippen LogP contribution in [0, 0.1) is 11.8 Å². The second-order valence-electron chi connectivity index (χ2n) is 5.20. The molecule has 2 amide bonds. The van der Waals surface area contributed by atoms with Gasteiger partial charge in [-0.3, -0.25) is 0 Å². The Morgan fingerprint density at radius 1 is 0.688 bits per heavy atom. The Bertz CT molecular complexity index is 174. The second kappa shape index (κ2) is 7.53. The second-order valence-corrected chi connectivity index (χ2v) is 5.20. The van der Waals surface area contributed by atoms with Gasteiger partial charge < -0.3 is 11.5 Å². The van der Waals surface area contributed by atoms with Crippen molar-refractivity contribution in [2.75, 3.05) is 0 Å². The van der Waals surface area contributed by atoms with Crippen LogP contribution in [0.25, 0.3) is 0 Å². The average Bonchev–Trinajstić information content (AvgIpc) is 2.31. The van der Waals surface area contributed by atoms with Crippen LogP contribution in [-0.2, 0) is 0 Å². The molecule has 16 heavy (non-hydrogen) atoms. The van der Waals surface area contributed by atoms with Gasteiger partial charge in [-0.15, -0.1) is 0 Å². The van der Waals surface area contributed by atoms with E-state index in [1.807, 2.05) is 0 Å². The van der Waals surface area contributed by atoms with Gasteiger partial charge in [0.05, 0.1) is 0 Å². The van der Waals surface area contributed by atoms with Gasteiger partial charge in [-0.1, -0.05) is 64.2 Å². The van der Waals surface area contributed by atoms with Crippen molar-refractivity contribution in [3.05, 3.63) is 0 Å². The van der Waals surface area contributed by atoms with E-state index in [9.17, 15) is 0 Å². The van der Waals surface area contributed by atoms with Crippen LogP contribution >= 0.6 is 0 Å². The van der Waals surface area contributed by atoms with Gasteiger partial charge in [0.1, 0.15) is 0 Å². The van der Waals surface area contributed by atoms with Crippen LogP contribution in [0.1, 0.15) is 64.2 Å². The molecule has 94 valence electrons. The zero-order valence-electron chi connectivity index (χ0n) is 10.3. The van der Waals surface area contributed by atoms with Gasteiger partial charge in [-0.25, -0.2) is 4.79 Å². The molecule has 2 aliphatic rings. The van der Waals surface area contributed by atoms with Crippen molar-refractivity contribution in [2.24, 2.45) is 23.3 Å². The quantitative estimate of drug-likeness (QED) is 0.708. The Morgan fingerprint density at radius 3 is 1.19 bits per heavy atom. The lowest BCUT2D eigenvalue weighted by Gasteiger charge is -2.32. The molecule has 2 saturated carbocycles. The standard InChI is InChI=1S/C12H22.CH4N2O/c1-3-7-11(8-4-1)12-9-5-2-6-10-12;2-1(3)4/h11-12H,1-10H2;(H4,2,3,4). The molecule has 0 bridgehead atoms. The van der Waals surface area contributed by atoms with Crippen molar-refractivity contribution in [3.8, 4) is 0 Å². The monoisotopic (exact) mass is 226 g/mol. The van der Waals surface area contributed by atoms with Crippen LogP contribution in [0.5, 0.6) is 0 Å². The highest BCUT2D eigenvalue weighted by molar-refractivity contribution is 5.69. The number of amides is 2. The van der Waals surface area contributed by atoms with E-state index in [2.05, 4.69) is 11.5 Å². The third-order valence-corrected chi connectivity index (χ3v) is 3.97. The molecule has 0 spiro atoms. The van der Waals surface area contributed by atoms with E-state index in [-0.39, 0.29) is 0 Å². The van der Waals surface area contributed by atoms with E-state index in [1.54, 1.807) is 25.7 Å². The van der Waals surface area contributed by atoms with Crippen LogP contribution in [0.15, 0.2) is 0 Å². The smallest absolute Gasteiger partial charge is 0.309 e. The highest BCUT2D eigenvalue weighted by Gasteiger charge is 2.24. The summed E-state index contributed by atoms with van der Waals surface area (Å²) in [7, 11) is 0. The summed E-state index contributed by atoms with van der Waals surface area (Å²) in [4.78, 5) is 9.00. The van der Waals surface area contributed by atoms with Crippen LogP contribution in [-0.4, -0.2) is 6.03 Å². The van der Waals surface area contributed by atoms with E-state index < -0.39 is 6.03 Å². The molecule has 0 atom stereocenters. The van der Waals surface area contributed by atoms with Gasteiger partial charge in [0.25, 0.3) is 0 Å². The topological polar surface area (TPSA) is 69.1 Å². The van der Waals surface area contributed by atoms with Crippen molar-refractivity contribution in [1.29, 1.82) is 0 Å². The summed E-state index contributed by atoms with van der Waals surface area (Å²) in [6.07, 6.45) is 15.4. The molecule has 0 saturated heterocycles. The van der Waals surface area contributed by atoms with Crippen LogP contribution in [0.3, 0.4) is 0 Å². The lowest BCUT2D eigenvalue weighted by atomic mass is 9.73. The number of hydrogen-bond acceptors (Lipinski definition) is 1. The molecule has 0 aromatic rings. The highest BCUT2D eigenvalue weighted by Crippen LogP contribution is 2.37. The van der Waals surface area contributed by atoms with Crippen molar-refractivity contribution < 1.29 is 4.79 Å². The Labute approximate surface area is 99.0 Å². The molecule has 3 heteroatoms. The molecule has 2 rings (SSSR count). The third-order valence-electron chi connectivity index (χ3n) is 3.97. The lowest BCUT2D eigenvalue weighted by molar-refractivity contribution is 0.196. The summed E-state index contributed by atoms with van der Waals surface area (Å²) in [5, 5.41) is 0. The van der Waals surface area contributed by atoms with Crippen molar-refractivity contribution in [2.45, 2.75) is 64.2 Å². The van der Waals surface area contributed by atoms with Gasteiger partial charge >= 0.3 is 6.03 Å². The van der Waals surface area contributed by atoms with Crippen LogP contribution < -0.4 is 11.5 Å². The Hall–Kier alpha value is -0.730. The average molecular weight is 226 g/mol. The maximum Gasteiger partial charge on any atom is 0.309 e. The molecule has 2 aliphatic carbocycles. The highest BCUT2D eigenvalue weighted by atomic mass is 16.2. The summed E-state index contributed by atoms with van der Waals surface area (Å²) >= 11 is 0. The molecule has 0 heterocycles. The summed E-state index contributed by atoms with van der Waals surface area (Å²) in [6, 6.07) is -0.833. The van der Waals surface area contributed by atoms with E-state index in [1.165, 1.54) is 38.5 Å². The number of primary amides is 2. The number of urea groups is 1. The molecule has 0 radical (unpaired) electrons. The fourth-order valence-electron chi connectivity index (χ4n) is 3.21. The van der Waals surface area contributed by atoms with Crippen molar-refractivity contribution >= 4 is 6.03 Å². The van der Waals surface area contributed by atoms with E-state index >= 15 is 0 Å². The summed E-state index contributed by atoms with van der Waals surface area (Å²) in [5.41, 5.74) is 8.50. The number of rotatable bonds is 1. The Kier molecular flexibility index (Phi) is 6.27. The fraction of sp³-hybridized carbons (Fsp3) is 0.923. The van der Waals surface area contributed by atoms with Gasteiger partial charge in [-0.05, 0) is 11.8 Å².